The molecule has 1 heterocycles. The molecule has 19 heavy (non-hydrogen) atoms. The summed E-state index contributed by atoms with van der Waals surface area (Å²) in [4.78, 5) is 26.5. The molecule has 0 saturated heterocycles. The summed E-state index contributed by atoms with van der Waals surface area (Å²) in [5.41, 5.74) is -0.250. The fourth-order valence-corrected chi connectivity index (χ4v) is 2.34. The van der Waals surface area contributed by atoms with E-state index in [0.29, 0.717) is 18.7 Å². The number of hydrogen-bond acceptors (Lipinski definition) is 3. The fourth-order valence-electron chi connectivity index (χ4n) is 1.96. The first-order valence-corrected chi connectivity index (χ1v) is 6.88. The first-order chi connectivity index (χ1) is 8.99. The van der Waals surface area contributed by atoms with Gasteiger partial charge in [0.05, 0.1) is 5.56 Å². The Labute approximate surface area is 117 Å². The predicted molar refractivity (Wildman–Crippen MR) is 76.1 cm³/mol. The second-order valence-corrected chi connectivity index (χ2v) is 5.20. The Bertz CT molecular complexity index is 520. The van der Waals surface area contributed by atoms with Gasteiger partial charge >= 0.3 is 5.69 Å². The highest BCUT2D eigenvalue weighted by atomic mass is 35.5. The fraction of sp³-hybridized carbons (Fsp3) is 0.692. The maximum absolute atomic E-state index is 12.2. The average molecular weight is 289 g/mol. The number of methoxy groups -OCH3 is 1. The third-order valence-electron chi connectivity index (χ3n) is 2.98. The largest absolute Gasteiger partial charge is 0.385 e. The normalized spacial score (nSPS) is 11.2. The van der Waals surface area contributed by atoms with Gasteiger partial charge in [-0.1, -0.05) is 25.4 Å². The minimum Gasteiger partial charge on any atom is -0.385 e. The van der Waals surface area contributed by atoms with Gasteiger partial charge in [-0.2, -0.15) is 0 Å². The van der Waals surface area contributed by atoms with Crippen molar-refractivity contribution in [3.8, 4) is 0 Å². The Morgan fingerprint density at radius 1 is 1.26 bits per heavy atom. The molecule has 6 heteroatoms. The highest BCUT2D eigenvalue weighted by Gasteiger charge is 2.15. The molecule has 0 saturated carbocycles. The van der Waals surface area contributed by atoms with Gasteiger partial charge in [-0.3, -0.25) is 14.3 Å². The van der Waals surface area contributed by atoms with Crippen molar-refractivity contribution in [1.29, 1.82) is 0 Å². The van der Waals surface area contributed by atoms with Crippen LogP contribution in [0.5, 0.6) is 0 Å². The minimum atomic E-state index is -0.439. The molecule has 108 valence electrons. The van der Waals surface area contributed by atoms with Crippen LogP contribution in [-0.2, 0) is 11.3 Å². The monoisotopic (exact) mass is 288 g/mol. The maximum Gasteiger partial charge on any atom is 0.329 e. The van der Waals surface area contributed by atoms with Crippen LogP contribution in [0.15, 0.2) is 9.59 Å². The van der Waals surface area contributed by atoms with E-state index in [-0.39, 0.29) is 16.6 Å². The lowest BCUT2D eigenvalue weighted by molar-refractivity contribution is 0.191. The summed E-state index contributed by atoms with van der Waals surface area (Å²) in [6, 6.07) is 0. The van der Waals surface area contributed by atoms with Gasteiger partial charge < -0.3 is 4.74 Å². The van der Waals surface area contributed by atoms with Crippen LogP contribution in [0.25, 0.3) is 0 Å². The molecule has 0 aliphatic rings. The maximum atomic E-state index is 12.2. The van der Waals surface area contributed by atoms with Crippen LogP contribution in [0.3, 0.4) is 0 Å². The Balaban J connectivity index is 2.87. The molecular formula is C13H21ClN2O3. The van der Waals surface area contributed by atoms with Crippen LogP contribution in [0.1, 0.15) is 44.6 Å². The minimum absolute atomic E-state index is 0.0170. The van der Waals surface area contributed by atoms with E-state index >= 15 is 0 Å². The summed E-state index contributed by atoms with van der Waals surface area (Å²) < 4.78 is 6.18. The van der Waals surface area contributed by atoms with Gasteiger partial charge in [-0.15, -0.1) is 0 Å². The molecule has 0 radical (unpaired) electrons. The standard InChI is InChI=1S/C13H21ClN2O3/c1-9(2)10-11(14)15-13(18)16(12(10)17)7-5-4-6-8-19-3/h9H,4-8H2,1-3H3,(H,15,18). The van der Waals surface area contributed by atoms with Gasteiger partial charge in [-0.25, -0.2) is 4.79 Å². The summed E-state index contributed by atoms with van der Waals surface area (Å²) in [6.07, 6.45) is 2.61. The van der Waals surface area contributed by atoms with Crippen LogP contribution < -0.4 is 11.2 Å². The van der Waals surface area contributed by atoms with Crippen LogP contribution >= 0.6 is 11.6 Å². The Hall–Kier alpha value is -1.07. The lowest BCUT2D eigenvalue weighted by Crippen LogP contribution is -2.37. The summed E-state index contributed by atoms with van der Waals surface area (Å²) in [5, 5.41) is 0.153. The van der Waals surface area contributed by atoms with E-state index in [1.807, 2.05) is 13.8 Å². The van der Waals surface area contributed by atoms with Gasteiger partial charge in [0.2, 0.25) is 0 Å². The summed E-state index contributed by atoms with van der Waals surface area (Å²) in [6.45, 7) is 4.87. The van der Waals surface area contributed by atoms with Crippen LogP contribution in [-0.4, -0.2) is 23.3 Å². The molecule has 0 unspecified atom stereocenters. The zero-order valence-corrected chi connectivity index (χ0v) is 12.4. The Morgan fingerprint density at radius 3 is 2.53 bits per heavy atom. The molecule has 0 amide bonds. The van der Waals surface area contributed by atoms with Crippen molar-refractivity contribution in [2.75, 3.05) is 13.7 Å². The number of nitrogens with zero attached hydrogens (tertiary/aromatic N) is 1. The van der Waals surface area contributed by atoms with Crippen LogP contribution in [0, 0.1) is 0 Å². The molecule has 1 N–H and O–H groups in total. The molecule has 0 bridgehead atoms. The third-order valence-corrected chi connectivity index (χ3v) is 3.28. The van der Waals surface area contributed by atoms with Gasteiger partial charge in [0.1, 0.15) is 5.15 Å². The predicted octanol–water partition coefficient (Wildman–Crippen LogP) is 2.13. The highest BCUT2D eigenvalue weighted by molar-refractivity contribution is 6.30. The van der Waals surface area contributed by atoms with E-state index in [4.69, 9.17) is 16.3 Å². The molecule has 1 rings (SSSR count). The number of ether oxygens (including phenoxy) is 1. The number of unbranched alkanes of at least 4 members (excludes halogenated alkanes) is 2. The van der Waals surface area contributed by atoms with E-state index in [1.165, 1.54) is 4.57 Å². The van der Waals surface area contributed by atoms with E-state index < -0.39 is 5.69 Å². The highest BCUT2D eigenvalue weighted by Crippen LogP contribution is 2.16. The first-order valence-electron chi connectivity index (χ1n) is 6.50. The van der Waals surface area contributed by atoms with Crippen molar-refractivity contribution in [2.45, 2.75) is 45.6 Å². The molecule has 0 aliphatic carbocycles. The van der Waals surface area contributed by atoms with Gasteiger partial charge in [0.15, 0.2) is 0 Å². The second kappa shape index (κ2) is 7.50. The first kappa shape index (κ1) is 16.0. The molecule has 1 aromatic heterocycles. The molecule has 0 atom stereocenters. The van der Waals surface area contributed by atoms with Crippen molar-refractivity contribution >= 4 is 11.6 Å². The molecule has 0 fully saturated rings. The van der Waals surface area contributed by atoms with Crippen molar-refractivity contribution in [3.05, 3.63) is 31.6 Å². The summed E-state index contributed by atoms with van der Waals surface area (Å²) >= 11 is 5.92. The SMILES string of the molecule is COCCCCCn1c(=O)[nH]c(Cl)c(C(C)C)c1=O. The van der Waals surface area contributed by atoms with Gasteiger partial charge in [0.25, 0.3) is 5.56 Å². The van der Waals surface area contributed by atoms with E-state index in [0.717, 1.165) is 19.3 Å². The third kappa shape index (κ3) is 4.21. The Morgan fingerprint density at radius 2 is 1.95 bits per heavy atom. The molecule has 1 aromatic rings. The smallest absolute Gasteiger partial charge is 0.329 e. The van der Waals surface area contributed by atoms with Crippen LogP contribution in [0.2, 0.25) is 5.15 Å². The zero-order chi connectivity index (χ0) is 14.4. The topological polar surface area (TPSA) is 64.1 Å². The molecule has 0 spiro atoms. The zero-order valence-electron chi connectivity index (χ0n) is 11.7. The Kier molecular flexibility index (Phi) is 6.31. The molecule has 5 nitrogen and oxygen atoms in total. The molecule has 0 aliphatic heterocycles. The van der Waals surface area contributed by atoms with Crippen LogP contribution in [0.4, 0.5) is 0 Å². The number of rotatable bonds is 7. The number of H-pyrrole nitrogens is 1. The van der Waals surface area contributed by atoms with Crippen molar-refractivity contribution < 1.29 is 4.74 Å². The number of aromatic nitrogens is 2. The molecular weight excluding hydrogens is 268 g/mol. The van der Waals surface area contributed by atoms with Gasteiger partial charge in [0, 0.05) is 20.3 Å². The quantitative estimate of drug-likeness (QED) is 0.617. The average Bonchev–Trinajstić information content (AvgIpc) is 2.31. The van der Waals surface area contributed by atoms with E-state index in [2.05, 4.69) is 4.98 Å². The number of halogens is 1. The lowest BCUT2D eigenvalue weighted by Gasteiger charge is -2.11. The van der Waals surface area contributed by atoms with Crippen molar-refractivity contribution in [1.82, 2.24) is 9.55 Å². The number of aromatic amines is 1. The van der Waals surface area contributed by atoms with E-state index in [9.17, 15) is 9.59 Å². The number of nitrogens with one attached hydrogen (secondary N) is 1. The van der Waals surface area contributed by atoms with Crippen molar-refractivity contribution in [3.63, 3.8) is 0 Å². The second-order valence-electron chi connectivity index (χ2n) is 4.82. The molecule has 0 aromatic carbocycles. The lowest BCUT2D eigenvalue weighted by atomic mass is 10.1. The summed E-state index contributed by atoms with van der Waals surface area (Å²) in [7, 11) is 1.66. The number of hydrogen-bond donors (Lipinski definition) is 1. The van der Waals surface area contributed by atoms with Crippen molar-refractivity contribution in [2.24, 2.45) is 0 Å². The van der Waals surface area contributed by atoms with Gasteiger partial charge in [-0.05, 0) is 25.2 Å². The van der Waals surface area contributed by atoms with E-state index in [1.54, 1.807) is 7.11 Å². The summed E-state index contributed by atoms with van der Waals surface area (Å²) in [5.74, 6) is -0.0170.